The van der Waals surface area contributed by atoms with Crippen LogP contribution in [0.4, 0.5) is 0 Å². The first-order valence-corrected chi connectivity index (χ1v) is 6.94. The third-order valence-electron chi connectivity index (χ3n) is 4.23. The van der Waals surface area contributed by atoms with Crippen LogP contribution >= 0.6 is 0 Å². The van der Waals surface area contributed by atoms with E-state index in [-0.39, 0.29) is 5.91 Å². The van der Waals surface area contributed by atoms with Crippen LogP contribution in [0.2, 0.25) is 0 Å². The van der Waals surface area contributed by atoms with Gasteiger partial charge in [0.1, 0.15) is 0 Å². The molecule has 0 radical (unpaired) electrons. The molecule has 0 aromatic heterocycles. The molecular formula is C13H25N3O2. The van der Waals surface area contributed by atoms with Crippen molar-refractivity contribution in [1.82, 2.24) is 10.2 Å². The van der Waals surface area contributed by atoms with E-state index in [1.54, 1.807) is 0 Å². The SMILES string of the molecule is CN1CCC(CNC(=O)C2(N)CCOCC2)CC1. The van der Waals surface area contributed by atoms with Crippen LogP contribution in [-0.2, 0) is 9.53 Å². The van der Waals surface area contributed by atoms with E-state index in [1.165, 1.54) is 0 Å². The third-order valence-corrected chi connectivity index (χ3v) is 4.23. The molecule has 0 saturated carbocycles. The average molecular weight is 255 g/mol. The van der Waals surface area contributed by atoms with Gasteiger partial charge in [0, 0.05) is 19.8 Å². The van der Waals surface area contributed by atoms with Gasteiger partial charge >= 0.3 is 0 Å². The number of carbonyl (C=O) groups excluding carboxylic acids is 1. The number of rotatable bonds is 3. The lowest BCUT2D eigenvalue weighted by molar-refractivity contribution is -0.130. The Labute approximate surface area is 109 Å². The highest BCUT2D eigenvalue weighted by molar-refractivity contribution is 5.86. The monoisotopic (exact) mass is 255 g/mol. The molecule has 0 aliphatic carbocycles. The van der Waals surface area contributed by atoms with Crippen molar-refractivity contribution in [2.75, 3.05) is 39.9 Å². The molecule has 0 spiro atoms. The smallest absolute Gasteiger partial charge is 0.240 e. The lowest BCUT2D eigenvalue weighted by atomic mass is 9.89. The zero-order valence-electron chi connectivity index (χ0n) is 11.3. The minimum Gasteiger partial charge on any atom is -0.381 e. The Bertz CT molecular complexity index is 282. The molecule has 0 unspecified atom stereocenters. The van der Waals surface area contributed by atoms with Gasteiger partial charge in [-0.3, -0.25) is 4.79 Å². The fourth-order valence-corrected chi connectivity index (χ4v) is 2.64. The molecule has 2 aliphatic rings. The van der Waals surface area contributed by atoms with Crippen LogP contribution in [0, 0.1) is 5.92 Å². The number of hydrogen-bond donors (Lipinski definition) is 2. The van der Waals surface area contributed by atoms with Crippen molar-refractivity contribution >= 4 is 5.91 Å². The van der Waals surface area contributed by atoms with Crippen LogP contribution in [0.3, 0.4) is 0 Å². The van der Waals surface area contributed by atoms with Crippen molar-refractivity contribution in [3.63, 3.8) is 0 Å². The van der Waals surface area contributed by atoms with Gasteiger partial charge in [0.05, 0.1) is 5.54 Å². The molecule has 1 amide bonds. The Kier molecular flexibility index (Phi) is 4.59. The minimum absolute atomic E-state index is 0.00438. The molecule has 5 nitrogen and oxygen atoms in total. The maximum atomic E-state index is 12.1. The predicted molar refractivity (Wildman–Crippen MR) is 70.2 cm³/mol. The van der Waals surface area contributed by atoms with Crippen LogP contribution in [0.15, 0.2) is 0 Å². The molecule has 2 heterocycles. The summed E-state index contributed by atoms with van der Waals surface area (Å²) < 4.78 is 5.26. The van der Waals surface area contributed by atoms with E-state index in [9.17, 15) is 4.79 Å². The Morgan fingerprint density at radius 1 is 1.39 bits per heavy atom. The van der Waals surface area contributed by atoms with E-state index in [2.05, 4.69) is 17.3 Å². The van der Waals surface area contributed by atoms with Crippen molar-refractivity contribution < 1.29 is 9.53 Å². The van der Waals surface area contributed by atoms with E-state index in [0.29, 0.717) is 32.0 Å². The predicted octanol–water partition coefficient (Wildman–Crippen LogP) is -0.0477. The first kappa shape index (κ1) is 13.8. The molecule has 3 N–H and O–H groups in total. The molecule has 0 bridgehead atoms. The molecule has 2 fully saturated rings. The summed E-state index contributed by atoms with van der Waals surface area (Å²) in [5.74, 6) is 0.610. The third kappa shape index (κ3) is 3.43. The number of hydrogen-bond acceptors (Lipinski definition) is 4. The minimum atomic E-state index is -0.705. The summed E-state index contributed by atoms with van der Waals surface area (Å²) in [6, 6.07) is 0. The number of amides is 1. The summed E-state index contributed by atoms with van der Waals surface area (Å²) in [6.07, 6.45) is 3.59. The second-order valence-corrected chi connectivity index (χ2v) is 5.73. The number of ether oxygens (including phenoxy) is 1. The molecule has 0 aromatic carbocycles. The quantitative estimate of drug-likeness (QED) is 0.742. The first-order chi connectivity index (χ1) is 8.60. The van der Waals surface area contributed by atoms with Gasteiger partial charge in [-0.1, -0.05) is 0 Å². The van der Waals surface area contributed by atoms with E-state index >= 15 is 0 Å². The molecule has 0 aromatic rings. The number of nitrogens with zero attached hydrogens (tertiary/aromatic N) is 1. The number of piperidine rings is 1. The highest BCUT2D eigenvalue weighted by atomic mass is 16.5. The summed E-state index contributed by atoms with van der Waals surface area (Å²) >= 11 is 0. The Hall–Kier alpha value is -0.650. The van der Waals surface area contributed by atoms with Crippen LogP contribution in [0.1, 0.15) is 25.7 Å². The maximum Gasteiger partial charge on any atom is 0.240 e. The van der Waals surface area contributed by atoms with Gasteiger partial charge in [0.25, 0.3) is 0 Å². The van der Waals surface area contributed by atoms with Gasteiger partial charge in [0.2, 0.25) is 5.91 Å². The van der Waals surface area contributed by atoms with Crippen molar-refractivity contribution in [2.24, 2.45) is 11.7 Å². The summed E-state index contributed by atoms with van der Waals surface area (Å²) in [7, 11) is 2.14. The van der Waals surface area contributed by atoms with Crippen LogP contribution in [0.5, 0.6) is 0 Å². The van der Waals surface area contributed by atoms with Crippen LogP contribution in [0.25, 0.3) is 0 Å². The first-order valence-electron chi connectivity index (χ1n) is 6.94. The van der Waals surface area contributed by atoms with E-state index < -0.39 is 5.54 Å². The normalized spacial score (nSPS) is 25.9. The number of nitrogens with one attached hydrogen (secondary N) is 1. The maximum absolute atomic E-state index is 12.1. The van der Waals surface area contributed by atoms with E-state index in [4.69, 9.17) is 10.5 Å². The summed E-state index contributed by atoms with van der Waals surface area (Å²) in [5.41, 5.74) is 5.44. The molecular weight excluding hydrogens is 230 g/mol. The summed E-state index contributed by atoms with van der Waals surface area (Å²) in [5, 5.41) is 3.04. The zero-order valence-corrected chi connectivity index (χ0v) is 11.3. The van der Waals surface area contributed by atoms with Crippen LogP contribution in [-0.4, -0.2) is 56.2 Å². The zero-order chi connectivity index (χ0) is 13.0. The number of likely N-dealkylation sites (tertiary alicyclic amines) is 1. The van der Waals surface area contributed by atoms with Gasteiger partial charge in [0.15, 0.2) is 0 Å². The second-order valence-electron chi connectivity index (χ2n) is 5.73. The van der Waals surface area contributed by atoms with Gasteiger partial charge in [-0.25, -0.2) is 0 Å². The van der Waals surface area contributed by atoms with Crippen LogP contribution < -0.4 is 11.1 Å². The van der Waals surface area contributed by atoms with Crippen molar-refractivity contribution in [2.45, 2.75) is 31.2 Å². The molecule has 0 atom stereocenters. The largest absolute Gasteiger partial charge is 0.381 e. The fraction of sp³-hybridized carbons (Fsp3) is 0.923. The summed E-state index contributed by atoms with van der Waals surface area (Å²) in [6.45, 7) is 4.22. The molecule has 2 aliphatic heterocycles. The van der Waals surface area contributed by atoms with Crippen molar-refractivity contribution in [3.05, 3.63) is 0 Å². The molecule has 2 saturated heterocycles. The van der Waals surface area contributed by atoms with E-state index in [1.807, 2.05) is 0 Å². The number of nitrogens with two attached hydrogens (primary N) is 1. The highest BCUT2D eigenvalue weighted by Gasteiger charge is 2.35. The second kappa shape index (κ2) is 5.99. The lowest BCUT2D eigenvalue weighted by Gasteiger charge is -2.33. The Morgan fingerprint density at radius 3 is 2.61 bits per heavy atom. The van der Waals surface area contributed by atoms with Gasteiger partial charge in [-0.2, -0.15) is 0 Å². The summed E-state index contributed by atoms with van der Waals surface area (Å²) in [4.78, 5) is 14.5. The molecule has 18 heavy (non-hydrogen) atoms. The van der Waals surface area contributed by atoms with Gasteiger partial charge in [-0.15, -0.1) is 0 Å². The van der Waals surface area contributed by atoms with Gasteiger partial charge in [-0.05, 0) is 51.7 Å². The molecule has 5 heteroatoms. The highest BCUT2D eigenvalue weighted by Crippen LogP contribution is 2.19. The molecule has 2 rings (SSSR count). The average Bonchev–Trinajstić information content (AvgIpc) is 2.38. The Morgan fingerprint density at radius 2 is 2.00 bits per heavy atom. The topological polar surface area (TPSA) is 67.6 Å². The van der Waals surface area contributed by atoms with E-state index in [0.717, 1.165) is 32.5 Å². The number of carbonyl (C=O) groups is 1. The standard InChI is InChI=1S/C13H25N3O2/c1-16-6-2-11(3-7-16)10-15-12(17)13(14)4-8-18-9-5-13/h11H,2-10,14H2,1H3,(H,15,17). The lowest BCUT2D eigenvalue weighted by Crippen LogP contribution is -2.57. The Balaban J connectivity index is 1.74. The van der Waals surface area contributed by atoms with Crippen molar-refractivity contribution in [1.29, 1.82) is 0 Å². The van der Waals surface area contributed by atoms with Gasteiger partial charge < -0.3 is 20.7 Å². The fourth-order valence-electron chi connectivity index (χ4n) is 2.64. The molecule has 104 valence electrons. The van der Waals surface area contributed by atoms with Crippen molar-refractivity contribution in [3.8, 4) is 0 Å².